The molecule has 10 aromatic carbocycles. The van der Waals surface area contributed by atoms with E-state index in [-0.39, 0.29) is 21.7 Å². The molecule has 0 saturated carbocycles. The van der Waals surface area contributed by atoms with Crippen LogP contribution in [-0.2, 0) is 21.7 Å². The average Bonchev–Trinajstić information content (AvgIpc) is 0.833. The summed E-state index contributed by atoms with van der Waals surface area (Å²) in [5, 5.41) is 0. The number of benzene rings is 10. The summed E-state index contributed by atoms with van der Waals surface area (Å²) in [5.41, 5.74) is 21.8. The van der Waals surface area contributed by atoms with Gasteiger partial charge in [-0.3, -0.25) is 0 Å². The lowest BCUT2D eigenvalue weighted by atomic mass is 9.86. The number of aryl methyl sites for hydroxylation is 1. The van der Waals surface area contributed by atoms with E-state index in [1.165, 1.54) is 33.4 Å². The van der Waals surface area contributed by atoms with Gasteiger partial charge in [0, 0.05) is 50.4 Å². The van der Waals surface area contributed by atoms with Crippen molar-refractivity contribution >= 4 is 53.5 Å². The number of hydrogen-bond donors (Lipinski definition) is 0. The molecule has 7 heteroatoms. The van der Waals surface area contributed by atoms with Crippen LogP contribution in [0.25, 0.3) is 105 Å². The molecule has 0 atom stereocenters. The van der Waals surface area contributed by atoms with Crippen LogP contribution in [0.15, 0.2) is 243 Å². The zero-order chi connectivity index (χ0) is 67.4. The largest absolute Gasteiger partial charge is 0.311 e. The molecular weight excluding hydrogens is 1170 g/mol. The molecule has 476 valence electrons. The van der Waals surface area contributed by atoms with Crippen molar-refractivity contribution in [3.8, 4) is 68.3 Å². The van der Waals surface area contributed by atoms with Crippen molar-refractivity contribution in [1.82, 2.24) is 29.9 Å². The van der Waals surface area contributed by atoms with Crippen molar-refractivity contribution in [3.05, 3.63) is 304 Å². The Balaban J connectivity index is 0.784. The van der Waals surface area contributed by atoms with Gasteiger partial charge in [0.1, 0.15) is 0 Å². The molecule has 0 bridgehead atoms. The Kier molecular flexibility index (Phi) is 18.6. The maximum Gasteiger partial charge on any atom is 0.164 e. The zero-order valence-electron chi connectivity index (χ0n) is 57.7. The predicted molar refractivity (Wildman–Crippen MR) is 406 cm³/mol. The molecule has 0 spiro atoms. The zero-order valence-corrected chi connectivity index (χ0v) is 57.7. The lowest BCUT2D eigenvalue weighted by Crippen LogP contribution is -2.11. The van der Waals surface area contributed by atoms with Crippen molar-refractivity contribution < 1.29 is 0 Å². The smallest absolute Gasteiger partial charge is 0.164 e. The highest BCUT2D eigenvalue weighted by Gasteiger charge is 2.21. The van der Waals surface area contributed by atoms with Gasteiger partial charge in [-0.15, -0.1) is 0 Å². The number of anilines is 3. The second-order valence-corrected chi connectivity index (χ2v) is 29.2. The minimum absolute atomic E-state index is 0.0330. The molecule has 2 aromatic heterocycles. The van der Waals surface area contributed by atoms with E-state index in [1.807, 2.05) is 0 Å². The quantitative estimate of drug-likeness (QED) is 0.0946. The Bertz CT molecular complexity index is 4320. The fourth-order valence-electron chi connectivity index (χ4n) is 11.4. The van der Waals surface area contributed by atoms with Crippen LogP contribution in [0.4, 0.5) is 17.1 Å². The normalized spacial score (nSPS) is 12.3. The average molecular weight is 1250 g/mol. The summed E-state index contributed by atoms with van der Waals surface area (Å²) in [6, 6.07) is 86.2. The molecule has 0 N–H and O–H groups in total. The van der Waals surface area contributed by atoms with E-state index in [0.717, 1.165) is 78.3 Å². The minimum Gasteiger partial charge on any atom is -0.311 e. The Labute approximate surface area is 568 Å². The fraction of sp³-hybridized carbons (Fsp3) is 0.191. The third kappa shape index (κ3) is 15.9. The molecule has 0 aliphatic heterocycles. The molecule has 0 aliphatic carbocycles. The fourth-order valence-corrected chi connectivity index (χ4v) is 11.4. The van der Waals surface area contributed by atoms with Crippen molar-refractivity contribution in [3.63, 3.8) is 0 Å². The first-order valence-electron chi connectivity index (χ1n) is 33.3. The molecule has 12 aromatic rings. The van der Waals surface area contributed by atoms with E-state index >= 15 is 0 Å². The lowest BCUT2D eigenvalue weighted by molar-refractivity contribution is 0.590. The van der Waals surface area contributed by atoms with Gasteiger partial charge in [0.25, 0.3) is 0 Å². The third-order valence-corrected chi connectivity index (χ3v) is 17.6. The Morgan fingerprint density at radius 1 is 0.208 bits per heavy atom. The highest BCUT2D eigenvalue weighted by Crippen LogP contribution is 2.37. The van der Waals surface area contributed by atoms with Gasteiger partial charge in [-0.1, -0.05) is 331 Å². The van der Waals surface area contributed by atoms with E-state index in [4.69, 9.17) is 29.9 Å². The predicted octanol–water partition coefficient (Wildman–Crippen LogP) is 23.5. The van der Waals surface area contributed by atoms with E-state index in [0.29, 0.717) is 34.9 Å². The van der Waals surface area contributed by atoms with Crippen LogP contribution in [-0.4, -0.2) is 29.9 Å². The highest BCUT2D eigenvalue weighted by atomic mass is 15.1. The Hall–Kier alpha value is -10.8. The van der Waals surface area contributed by atoms with Gasteiger partial charge in [0.15, 0.2) is 34.9 Å². The Morgan fingerprint density at radius 2 is 0.365 bits per heavy atom. The minimum atomic E-state index is 0.0330. The third-order valence-electron chi connectivity index (χ3n) is 17.6. The first-order chi connectivity index (χ1) is 45.9. The summed E-state index contributed by atoms with van der Waals surface area (Å²) < 4.78 is 0. The second kappa shape index (κ2) is 27.3. The molecule has 96 heavy (non-hydrogen) atoms. The summed E-state index contributed by atoms with van der Waals surface area (Å²) in [4.78, 5) is 32.7. The van der Waals surface area contributed by atoms with Gasteiger partial charge in [0.2, 0.25) is 0 Å². The van der Waals surface area contributed by atoms with Crippen molar-refractivity contribution in [2.75, 3.05) is 4.90 Å². The first-order valence-corrected chi connectivity index (χ1v) is 33.3. The summed E-state index contributed by atoms with van der Waals surface area (Å²) in [7, 11) is 0. The molecule has 0 saturated heterocycles. The van der Waals surface area contributed by atoms with Crippen LogP contribution >= 0.6 is 0 Å². The van der Waals surface area contributed by atoms with E-state index in [9.17, 15) is 0 Å². The molecule has 0 fully saturated rings. The van der Waals surface area contributed by atoms with Crippen molar-refractivity contribution in [2.24, 2.45) is 0 Å². The second-order valence-electron chi connectivity index (χ2n) is 29.2. The standard InChI is InChI=1S/C89H85N7/c1-60-14-16-61(17-15-60)18-21-64-28-54-77(55-29-64)96(78-56-30-65(31-57-78)22-19-62-24-34-67(35-25-62)80-90-82(69-38-46-73(47-39-69)86(2,3)4)94-83(91-80)70-40-48-74(49-41-70)87(5,6)7)79-58-32-66(33-59-79)23-20-63-26-36-68(37-27-63)81-92-84(71-42-50-75(51-43-71)88(8,9)10)95-85(93-81)72-44-52-76(53-45-72)89(11,12)13/h14-59H,1-13H3. The number of rotatable bonds is 15. The van der Waals surface area contributed by atoms with Crippen LogP contribution in [0.3, 0.4) is 0 Å². The molecule has 7 nitrogen and oxygen atoms in total. The number of hydrogen-bond acceptors (Lipinski definition) is 7. The maximum atomic E-state index is 5.07. The van der Waals surface area contributed by atoms with Crippen LogP contribution in [0.5, 0.6) is 0 Å². The lowest BCUT2D eigenvalue weighted by Gasteiger charge is -2.26. The van der Waals surface area contributed by atoms with Crippen LogP contribution in [0.2, 0.25) is 0 Å². The molecule has 0 aliphatic rings. The van der Waals surface area contributed by atoms with Crippen LogP contribution in [0, 0.1) is 6.92 Å². The summed E-state index contributed by atoms with van der Waals surface area (Å²) in [6.07, 6.45) is 13.0. The summed E-state index contributed by atoms with van der Waals surface area (Å²) >= 11 is 0. The van der Waals surface area contributed by atoms with Crippen molar-refractivity contribution in [1.29, 1.82) is 0 Å². The summed E-state index contributed by atoms with van der Waals surface area (Å²) in [5.74, 6) is 3.84. The van der Waals surface area contributed by atoms with Gasteiger partial charge in [-0.25, -0.2) is 29.9 Å². The van der Waals surface area contributed by atoms with Crippen molar-refractivity contribution in [2.45, 2.75) is 112 Å². The molecule has 2 heterocycles. The van der Waals surface area contributed by atoms with Crippen LogP contribution < -0.4 is 4.90 Å². The number of nitrogens with zero attached hydrogens (tertiary/aromatic N) is 7. The SMILES string of the molecule is Cc1ccc(C=Cc2ccc(N(c3ccc(C=Cc4ccc(-c5nc(-c6ccc(C(C)(C)C)cc6)nc(-c6ccc(C(C)(C)C)cc6)n5)cc4)cc3)c3ccc(C=Cc4ccc(-c5nc(-c6ccc(C(C)(C)C)cc6)nc(-c6ccc(C(C)(C)C)cc6)n5)cc4)cc3)cc2)cc1. The molecule has 0 radical (unpaired) electrons. The Morgan fingerprint density at radius 3 is 0.542 bits per heavy atom. The van der Waals surface area contributed by atoms with Gasteiger partial charge in [0.05, 0.1) is 0 Å². The molecular formula is C89H85N7. The number of aromatic nitrogens is 6. The van der Waals surface area contributed by atoms with Gasteiger partial charge in [-0.2, -0.15) is 0 Å². The monoisotopic (exact) mass is 1250 g/mol. The van der Waals surface area contributed by atoms with E-state index in [2.05, 4.69) is 374 Å². The van der Waals surface area contributed by atoms with E-state index in [1.54, 1.807) is 0 Å². The molecule has 0 amide bonds. The van der Waals surface area contributed by atoms with Gasteiger partial charge >= 0.3 is 0 Å². The highest BCUT2D eigenvalue weighted by molar-refractivity contribution is 5.82. The van der Waals surface area contributed by atoms with Gasteiger partial charge < -0.3 is 4.90 Å². The molecule has 0 unspecified atom stereocenters. The first kappa shape index (κ1) is 65.3. The van der Waals surface area contributed by atoms with Gasteiger partial charge in [-0.05, 0) is 121 Å². The summed E-state index contributed by atoms with van der Waals surface area (Å²) in [6.45, 7) is 28.9. The molecule has 12 rings (SSSR count). The topological polar surface area (TPSA) is 80.6 Å². The maximum absolute atomic E-state index is 5.07. The van der Waals surface area contributed by atoms with Crippen LogP contribution in [0.1, 0.15) is 144 Å². The van der Waals surface area contributed by atoms with E-state index < -0.39 is 0 Å².